The molecule has 2 rings (SSSR count). The van der Waals surface area contributed by atoms with Gasteiger partial charge in [0.2, 0.25) is 5.91 Å². The van der Waals surface area contributed by atoms with E-state index in [2.05, 4.69) is 5.32 Å². The Morgan fingerprint density at radius 2 is 2.00 bits per heavy atom. The zero-order valence-corrected chi connectivity index (χ0v) is 13.2. The first-order valence-corrected chi connectivity index (χ1v) is 8.71. The number of hydrogen-bond donors (Lipinski definition) is 1. The molecule has 1 fully saturated rings. The average molecular weight is 346 g/mol. The third-order valence-electron chi connectivity index (χ3n) is 3.73. The summed E-state index contributed by atoms with van der Waals surface area (Å²) in [6.45, 7) is -0.356. The summed E-state index contributed by atoms with van der Waals surface area (Å²) in [6, 6.07) is 2.25. The Hall–Kier alpha value is -2.03. The normalized spacial score (nSPS) is 19.3. The van der Waals surface area contributed by atoms with Gasteiger partial charge in [-0.05, 0) is 24.6 Å². The van der Waals surface area contributed by atoms with Gasteiger partial charge < -0.3 is 10.2 Å². The number of benzene rings is 1. The zero-order valence-electron chi connectivity index (χ0n) is 12.4. The summed E-state index contributed by atoms with van der Waals surface area (Å²) in [5, 5.41) is 2.30. The van der Waals surface area contributed by atoms with Crippen LogP contribution in [0.15, 0.2) is 18.2 Å². The second kappa shape index (κ2) is 6.61. The standard InChI is InChI=1S/C14H16F2N2O4S/c1-18(10-4-5-23(21,22)8-10)13(19)7-17-14(20)9-2-3-11(15)12(16)6-9/h2-3,6,10H,4-5,7-8H2,1H3,(H,17,20). The summed E-state index contributed by atoms with van der Waals surface area (Å²) < 4.78 is 48.7. The van der Waals surface area contributed by atoms with Crippen molar-refractivity contribution in [2.45, 2.75) is 12.5 Å². The minimum atomic E-state index is -3.12. The fraction of sp³-hybridized carbons (Fsp3) is 0.429. The smallest absolute Gasteiger partial charge is 0.251 e. The van der Waals surface area contributed by atoms with E-state index in [1.807, 2.05) is 0 Å². The van der Waals surface area contributed by atoms with E-state index in [0.717, 1.165) is 18.2 Å². The molecule has 1 atom stereocenters. The molecule has 0 bridgehead atoms. The lowest BCUT2D eigenvalue weighted by molar-refractivity contribution is -0.130. The third kappa shape index (κ3) is 4.25. The number of carbonyl (C=O) groups excluding carboxylic acids is 2. The van der Waals surface area contributed by atoms with Gasteiger partial charge in [0.25, 0.3) is 5.91 Å². The topological polar surface area (TPSA) is 83.6 Å². The van der Waals surface area contributed by atoms with Gasteiger partial charge in [0.15, 0.2) is 21.5 Å². The summed E-state index contributed by atoms with van der Waals surface area (Å²) >= 11 is 0. The van der Waals surface area contributed by atoms with E-state index in [1.165, 1.54) is 11.9 Å². The van der Waals surface area contributed by atoms with Gasteiger partial charge in [-0.2, -0.15) is 0 Å². The van der Waals surface area contributed by atoms with Gasteiger partial charge >= 0.3 is 0 Å². The van der Waals surface area contributed by atoms with Crippen LogP contribution in [0.1, 0.15) is 16.8 Å². The van der Waals surface area contributed by atoms with Gasteiger partial charge in [-0.3, -0.25) is 9.59 Å². The van der Waals surface area contributed by atoms with Crippen LogP contribution in [0, 0.1) is 11.6 Å². The summed E-state index contributed by atoms with van der Waals surface area (Å²) in [6.07, 6.45) is 0.363. The van der Waals surface area contributed by atoms with E-state index < -0.39 is 39.3 Å². The average Bonchev–Trinajstić information content (AvgIpc) is 2.86. The number of halogens is 2. The Kier molecular flexibility index (Phi) is 4.98. The second-order valence-corrected chi connectivity index (χ2v) is 7.60. The Balaban J connectivity index is 1.91. The van der Waals surface area contributed by atoms with Crippen LogP contribution in [0.25, 0.3) is 0 Å². The van der Waals surface area contributed by atoms with Crippen LogP contribution in [-0.4, -0.2) is 56.3 Å². The molecule has 1 heterocycles. The van der Waals surface area contributed by atoms with Gasteiger partial charge in [0, 0.05) is 18.7 Å². The molecule has 126 valence electrons. The van der Waals surface area contributed by atoms with E-state index in [0.29, 0.717) is 6.42 Å². The van der Waals surface area contributed by atoms with E-state index in [1.54, 1.807) is 0 Å². The number of hydrogen-bond acceptors (Lipinski definition) is 4. The molecule has 1 aromatic carbocycles. The summed E-state index contributed by atoms with van der Waals surface area (Å²) in [4.78, 5) is 25.1. The number of likely N-dealkylation sites (N-methyl/N-ethyl adjacent to an activating group) is 1. The van der Waals surface area contributed by atoms with Crippen molar-refractivity contribution in [3.63, 3.8) is 0 Å². The van der Waals surface area contributed by atoms with Crippen LogP contribution in [0.5, 0.6) is 0 Å². The fourth-order valence-electron chi connectivity index (χ4n) is 2.30. The SMILES string of the molecule is CN(C(=O)CNC(=O)c1ccc(F)c(F)c1)C1CCS(=O)(=O)C1. The molecule has 1 N–H and O–H groups in total. The van der Waals surface area contributed by atoms with E-state index in [4.69, 9.17) is 0 Å². The first-order chi connectivity index (χ1) is 10.7. The number of carbonyl (C=O) groups is 2. The largest absolute Gasteiger partial charge is 0.343 e. The highest BCUT2D eigenvalue weighted by Gasteiger charge is 2.32. The number of nitrogens with zero attached hydrogens (tertiary/aromatic N) is 1. The van der Waals surface area contributed by atoms with Gasteiger partial charge in [-0.1, -0.05) is 0 Å². The molecule has 6 nitrogen and oxygen atoms in total. The van der Waals surface area contributed by atoms with Crippen molar-refractivity contribution in [2.75, 3.05) is 25.1 Å². The molecule has 0 aliphatic carbocycles. The van der Waals surface area contributed by atoms with Gasteiger partial charge in [0.05, 0.1) is 18.1 Å². The maximum absolute atomic E-state index is 13.1. The molecule has 1 aliphatic rings. The van der Waals surface area contributed by atoms with E-state index in [9.17, 15) is 26.8 Å². The highest BCUT2D eigenvalue weighted by Crippen LogP contribution is 2.16. The van der Waals surface area contributed by atoms with Crippen molar-refractivity contribution in [2.24, 2.45) is 0 Å². The number of sulfone groups is 1. The van der Waals surface area contributed by atoms with Crippen molar-refractivity contribution in [3.8, 4) is 0 Å². The van der Waals surface area contributed by atoms with Gasteiger partial charge in [0.1, 0.15) is 0 Å². The Bertz CT molecular complexity index is 736. The lowest BCUT2D eigenvalue weighted by atomic mass is 10.2. The van der Waals surface area contributed by atoms with Crippen molar-refractivity contribution in [1.82, 2.24) is 10.2 Å². The lowest BCUT2D eigenvalue weighted by Crippen LogP contribution is -2.43. The molecule has 9 heteroatoms. The molecular weight excluding hydrogens is 330 g/mol. The minimum absolute atomic E-state index is 0.0382. The highest BCUT2D eigenvalue weighted by molar-refractivity contribution is 7.91. The lowest BCUT2D eigenvalue weighted by Gasteiger charge is -2.23. The number of amides is 2. The van der Waals surface area contributed by atoms with Crippen LogP contribution in [-0.2, 0) is 14.6 Å². The fourth-order valence-corrected chi connectivity index (χ4v) is 4.08. The maximum Gasteiger partial charge on any atom is 0.251 e. The molecule has 0 spiro atoms. The van der Waals surface area contributed by atoms with Crippen molar-refractivity contribution in [1.29, 1.82) is 0 Å². The quantitative estimate of drug-likeness (QED) is 0.852. The monoisotopic (exact) mass is 346 g/mol. The Morgan fingerprint density at radius 3 is 2.57 bits per heavy atom. The Morgan fingerprint density at radius 1 is 1.30 bits per heavy atom. The van der Waals surface area contributed by atoms with Crippen molar-refractivity contribution in [3.05, 3.63) is 35.4 Å². The molecule has 23 heavy (non-hydrogen) atoms. The summed E-state index contributed by atoms with van der Waals surface area (Å²) in [5.41, 5.74) is -0.109. The van der Waals surface area contributed by atoms with Crippen molar-refractivity contribution >= 4 is 21.7 Å². The molecule has 1 saturated heterocycles. The third-order valence-corrected chi connectivity index (χ3v) is 5.48. The van der Waals surface area contributed by atoms with Crippen LogP contribution >= 0.6 is 0 Å². The molecular formula is C14H16F2N2O4S. The predicted molar refractivity (Wildman–Crippen MR) is 78.5 cm³/mol. The molecule has 0 radical (unpaired) electrons. The molecule has 1 unspecified atom stereocenters. The van der Waals surface area contributed by atoms with E-state index >= 15 is 0 Å². The van der Waals surface area contributed by atoms with Crippen molar-refractivity contribution < 1.29 is 26.8 Å². The number of rotatable bonds is 4. The second-order valence-electron chi connectivity index (χ2n) is 5.37. The van der Waals surface area contributed by atoms with Gasteiger partial charge in [-0.15, -0.1) is 0 Å². The first kappa shape index (κ1) is 17.3. The molecule has 2 amide bonds. The van der Waals surface area contributed by atoms with Crippen LogP contribution < -0.4 is 5.32 Å². The predicted octanol–water partition coefficient (Wildman–Crippen LogP) is 0.340. The van der Waals surface area contributed by atoms with Crippen LogP contribution in [0.2, 0.25) is 0 Å². The summed E-state index contributed by atoms with van der Waals surface area (Å²) in [5.74, 6) is -3.45. The molecule has 0 aromatic heterocycles. The number of nitrogens with one attached hydrogen (secondary N) is 1. The van der Waals surface area contributed by atoms with Crippen LogP contribution in [0.3, 0.4) is 0 Å². The summed E-state index contributed by atoms with van der Waals surface area (Å²) in [7, 11) is -1.65. The molecule has 0 saturated carbocycles. The van der Waals surface area contributed by atoms with Crippen LogP contribution in [0.4, 0.5) is 8.78 Å². The van der Waals surface area contributed by atoms with E-state index in [-0.39, 0.29) is 23.6 Å². The maximum atomic E-state index is 13.1. The highest BCUT2D eigenvalue weighted by atomic mass is 32.2. The Labute approximate surface area is 132 Å². The zero-order chi connectivity index (χ0) is 17.2. The van der Waals surface area contributed by atoms with Gasteiger partial charge in [-0.25, -0.2) is 17.2 Å². The first-order valence-electron chi connectivity index (χ1n) is 6.89. The molecule has 1 aromatic rings. The molecule has 1 aliphatic heterocycles. The minimum Gasteiger partial charge on any atom is -0.343 e.